The lowest BCUT2D eigenvalue weighted by Gasteiger charge is -2.07. The van der Waals surface area contributed by atoms with E-state index in [1.165, 1.54) is 6.20 Å². The van der Waals surface area contributed by atoms with Gasteiger partial charge in [-0.3, -0.25) is 24.6 Å². The summed E-state index contributed by atoms with van der Waals surface area (Å²) in [5.41, 5.74) is 2.13. The lowest BCUT2D eigenvalue weighted by atomic mass is 10.2. The average molecular weight is 373 g/mol. The Morgan fingerprint density at radius 1 is 1.15 bits per heavy atom. The topological polar surface area (TPSA) is 109 Å². The van der Waals surface area contributed by atoms with Crippen molar-refractivity contribution in [1.82, 2.24) is 24.5 Å². The standard InChI is InChI=1S/C18H11N7OS/c19-9-15-16(13-3-1-2-6-22-13)23-18(27-15)24-17(26)14-10-21-11-25(14)12-4-7-20-8-5-12/h1-8,10-11H,(H,23,24,26). The smallest absolute Gasteiger partial charge is 0.276 e. The van der Waals surface area contributed by atoms with Crippen LogP contribution in [0.5, 0.6) is 0 Å². The van der Waals surface area contributed by atoms with Gasteiger partial charge in [0.1, 0.15) is 22.3 Å². The number of imidazole rings is 1. The largest absolute Gasteiger partial charge is 0.296 e. The van der Waals surface area contributed by atoms with Gasteiger partial charge < -0.3 is 0 Å². The number of carbonyl (C=O) groups is 1. The molecule has 4 aromatic rings. The van der Waals surface area contributed by atoms with Gasteiger partial charge in [0, 0.05) is 18.6 Å². The third-order valence-electron chi connectivity index (χ3n) is 3.67. The maximum atomic E-state index is 12.7. The molecule has 4 aromatic heterocycles. The molecule has 0 aliphatic rings. The van der Waals surface area contributed by atoms with E-state index >= 15 is 0 Å². The monoisotopic (exact) mass is 373 g/mol. The Kier molecular flexibility index (Phi) is 4.38. The summed E-state index contributed by atoms with van der Waals surface area (Å²) in [6.07, 6.45) is 7.91. The molecule has 0 aliphatic heterocycles. The zero-order chi connectivity index (χ0) is 18.6. The van der Waals surface area contributed by atoms with E-state index in [0.29, 0.717) is 27.1 Å². The molecule has 130 valence electrons. The number of anilines is 1. The van der Waals surface area contributed by atoms with Crippen molar-refractivity contribution in [2.45, 2.75) is 0 Å². The van der Waals surface area contributed by atoms with Crippen LogP contribution in [-0.2, 0) is 0 Å². The average Bonchev–Trinajstić information content (AvgIpc) is 3.36. The van der Waals surface area contributed by atoms with E-state index in [-0.39, 0.29) is 5.91 Å². The molecular weight excluding hydrogens is 362 g/mol. The Morgan fingerprint density at radius 2 is 2.00 bits per heavy atom. The van der Waals surface area contributed by atoms with Crippen molar-refractivity contribution in [1.29, 1.82) is 5.26 Å². The van der Waals surface area contributed by atoms with Gasteiger partial charge in [0.15, 0.2) is 5.13 Å². The van der Waals surface area contributed by atoms with Crippen LogP contribution in [0.25, 0.3) is 17.1 Å². The second kappa shape index (κ2) is 7.15. The van der Waals surface area contributed by atoms with Gasteiger partial charge in [0.2, 0.25) is 0 Å². The normalized spacial score (nSPS) is 10.3. The summed E-state index contributed by atoms with van der Waals surface area (Å²) in [4.78, 5) is 29.7. The molecule has 1 N–H and O–H groups in total. The van der Waals surface area contributed by atoms with Crippen LogP contribution < -0.4 is 5.32 Å². The lowest BCUT2D eigenvalue weighted by Crippen LogP contribution is -2.16. The molecule has 4 heterocycles. The number of pyridine rings is 2. The van der Waals surface area contributed by atoms with Gasteiger partial charge in [-0.2, -0.15) is 5.26 Å². The van der Waals surface area contributed by atoms with Crippen LogP contribution in [0.2, 0.25) is 0 Å². The predicted octanol–water partition coefficient (Wildman–Crippen LogP) is 2.91. The van der Waals surface area contributed by atoms with Gasteiger partial charge in [0.25, 0.3) is 5.91 Å². The highest BCUT2D eigenvalue weighted by Gasteiger charge is 2.18. The summed E-state index contributed by atoms with van der Waals surface area (Å²) >= 11 is 1.10. The zero-order valence-electron chi connectivity index (χ0n) is 13.8. The van der Waals surface area contributed by atoms with E-state index in [9.17, 15) is 10.1 Å². The molecule has 8 nitrogen and oxygen atoms in total. The number of nitrogens with one attached hydrogen (secondary N) is 1. The minimum absolute atomic E-state index is 0.319. The molecule has 0 unspecified atom stereocenters. The molecule has 4 rings (SSSR count). The Hall–Kier alpha value is -3.90. The van der Waals surface area contributed by atoms with Crippen molar-refractivity contribution in [2.24, 2.45) is 0 Å². The first-order chi connectivity index (χ1) is 13.3. The quantitative estimate of drug-likeness (QED) is 0.589. The molecule has 1 amide bonds. The van der Waals surface area contributed by atoms with Gasteiger partial charge >= 0.3 is 0 Å². The minimum Gasteiger partial charge on any atom is -0.296 e. The highest BCUT2D eigenvalue weighted by molar-refractivity contribution is 7.16. The van der Waals surface area contributed by atoms with Crippen LogP contribution >= 0.6 is 11.3 Å². The number of hydrogen-bond acceptors (Lipinski definition) is 7. The van der Waals surface area contributed by atoms with Crippen molar-refractivity contribution in [2.75, 3.05) is 5.32 Å². The first-order valence-corrected chi connectivity index (χ1v) is 8.64. The third-order valence-corrected chi connectivity index (χ3v) is 4.54. The second-order valence-electron chi connectivity index (χ2n) is 5.33. The van der Waals surface area contributed by atoms with E-state index in [4.69, 9.17) is 0 Å². The molecule has 9 heteroatoms. The maximum absolute atomic E-state index is 12.7. The van der Waals surface area contributed by atoms with E-state index in [0.717, 1.165) is 17.0 Å². The van der Waals surface area contributed by atoms with Crippen LogP contribution in [0.1, 0.15) is 15.4 Å². The van der Waals surface area contributed by atoms with Crippen molar-refractivity contribution < 1.29 is 4.79 Å². The van der Waals surface area contributed by atoms with Crippen LogP contribution in [0, 0.1) is 11.3 Å². The number of thiazole rings is 1. The van der Waals surface area contributed by atoms with Crippen molar-refractivity contribution in [3.8, 4) is 23.1 Å². The first kappa shape index (κ1) is 16.6. The predicted molar refractivity (Wildman–Crippen MR) is 99.4 cm³/mol. The van der Waals surface area contributed by atoms with E-state index < -0.39 is 0 Å². The Bertz CT molecular complexity index is 1130. The van der Waals surface area contributed by atoms with Gasteiger partial charge in [-0.1, -0.05) is 17.4 Å². The molecular formula is C18H11N7OS. The fourth-order valence-electron chi connectivity index (χ4n) is 2.46. The summed E-state index contributed by atoms with van der Waals surface area (Å²) in [6, 6.07) is 11.0. The van der Waals surface area contributed by atoms with E-state index in [1.807, 2.05) is 6.07 Å². The van der Waals surface area contributed by atoms with Crippen molar-refractivity contribution in [3.05, 3.63) is 72.0 Å². The van der Waals surface area contributed by atoms with Crippen LogP contribution in [-0.4, -0.2) is 30.4 Å². The van der Waals surface area contributed by atoms with Gasteiger partial charge in [0.05, 0.1) is 23.9 Å². The van der Waals surface area contributed by atoms with Crippen LogP contribution in [0.3, 0.4) is 0 Å². The summed E-state index contributed by atoms with van der Waals surface area (Å²) in [6.45, 7) is 0. The zero-order valence-corrected chi connectivity index (χ0v) is 14.6. The van der Waals surface area contributed by atoms with Crippen molar-refractivity contribution in [3.63, 3.8) is 0 Å². The van der Waals surface area contributed by atoms with E-state index in [2.05, 4.69) is 31.3 Å². The number of hydrogen-bond donors (Lipinski definition) is 1. The molecule has 27 heavy (non-hydrogen) atoms. The van der Waals surface area contributed by atoms with Crippen molar-refractivity contribution >= 4 is 22.4 Å². The van der Waals surface area contributed by atoms with Crippen LogP contribution in [0.15, 0.2) is 61.4 Å². The first-order valence-electron chi connectivity index (χ1n) is 7.82. The Balaban J connectivity index is 1.63. The summed E-state index contributed by atoms with van der Waals surface area (Å²) < 4.78 is 1.65. The maximum Gasteiger partial charge on any atom is 0.276 e. The minimum atomic E-state index is -0.380. The van der Waals surface area contributed by atoms with Gasteiger partial charge in [-0.15, -0.1) is 0 Å². The number of nitrogens with zero attached hydrogens (tertiary/aromatic N) is 6. The second-order valence-corrected chi connectivity index (χ2v) is 6.33. The molecule has 0 atom stereocenters. The molecule has 0 aromatic carbocycles. The molecule has 0 bridgehead atoms. The molecule has 0 aliphatic carbocycles. The number of nitriles is 1. The molecule has 0 radical (unpaired) electrons. The van der Waals surface area contributed by atoms with Gasteiger partial charge in [-0.05, 0) is 24.3 Å². The third kappa shape index (κ3) is 3.29. The SMILES string of the molecule is N#Cc1sc(NC(=O)c2cncn2-c2ccncc2)nc1-c1ccccn1. The molecule has 0 saturated heterocycles. The molecule has 0 saturated carbocycles. The summed E-state index contributed by atoms with van der Waals surface area (Å²) in [5, 5.41) is 12.4. The number of aromatic nitrogens is 5. The number of rotatable bonds is 4. The Morgan fingerprint density at radius 3 is 2.74 bits per heavy atom. The molecule has 0 fully saturated rings. The highest BCUT2D eigenvalue weighted by Crippen LogP contribution is 2.29. The van der Waals surface area contributed by atoms with E-state index in [1.54, 1.807) is 53.8 Å². The van der Waals surface area contributed by atoms with Crippen LogP contribution in [0.4, 0.5) is 5.13 Å². The number of amides is 1. The fraction of sp³-hybridized carbons (Fsp3) is 0. The highest BCUT2D eigenvalue weighted by atomic mass is 32.1. The van der Waals surface area contributed by atoms with Gasteiger partial charge in [-0.25, -0.2) is 9.97 Å². The fourth-order valence-corrected chi connectivity index (χ4v) is 3.23. The summed E-state index contributed by atoms with van der Waals surface area (Å²) in [5.74, 6) is -0.380. The summed E-state index contributed by atoms with van der Waals surface area (Å²) in [7, 11) is 0. The lowest BCUT2D eigenvalue weighted by molar-refractivity contribution is 0.102. The molecule has 0 spiro atoms. The number of carbonyl (C=O) groups excluding carboxylic acids is 1. The Labute approximate surface area is 157 Å².